The van der Waals surface area contributed by atoms with E-state index < -0.39 is 8.32 Å². The second-order valence-electron chi connectivity index (χ2n) is 5.48. The van der Waals surface area contributed by atoms with Crippen molar-refractivity contribution in [2.24, 2.45) is 5.92 Å². The highest BCUT2D eigenvalue weighted by Crippen LogP contribution is 2.32. The molecule has 1 fully saturated rings. The molecular weight excluding hydrogens is 228 g/mol. The smallest absolute Gasteiger partial charge is 0.192 e. The Hall–Kier alpha value is 0.137. The normalized spacial score (nSPS) is 20.5. The number of aliphatic hydroxyl groups excluding tert-OH is 1. The molecule has 1 saturated carbocycles. The van der Waals surface area contributed by atoms with Gasteiger partial charge in [0.25, 0.3) is 0 Å². The average molecular weight is 258 g/mol. The van der Waals surface area contributed by atoms with Crippen molar-refractivity contribution in [3.05, 3.63) is 0 Å². The first-order valence-corrected chi connectivity index (χ1v) is 10.0. The summed E-state index contributed by atoms with van der Waals surface area (Å²) in [5.41, 5.74) is 0. The molecule has 0 aliphatic heterocycles. The van der Waals surface area contributed by atoms with Crippen LogP contribution in [0.3, 0.4) is 0 Å². The Balaban J connectivity index is 2.59. The zero-order valence-corrected chi connectivity index (χ0v) is 12.9. The fourth-order valence-electron chi connectivity index (χ4n) is 3.11. The molecule has 0 spiro atoms. The van der Waals surface area contributed by atoms with Crippen LogP contribution in [0, 0.1) is 5.92 Å². The number of hydrogen-bond acceptors (Lipinski definition) is 2. The Labute approximate surface area is 108 Å². The van der Waals surface area contributed by atoms with Gasteiger partial charge in [0.05, 0.1) is 12.7 Å². The van der Waals surface area contributed by atoms with Crippen LogP contribution in [0.1, 0.15) is 52.9 Å². The van der Waals surface area contributed by atoms with E-state index in [1.807, 2.05) is 0 Å². The Bertz CT molecular complexity index is 190. The molecule has 1 rings (SSSR count). The molecule has 102 valence electrons. The highest BCUT2D eigenvalue weighted by Gasteiger charge is 2.35. The lowest BCUT2D eigenvalue weighted by molar-refractivity contribution is 0.0431. The van der Waals surface area contributed by atoms with Crippen molar-refractivity contribution in [3.8, 4) is 0 Å². The van der Waals surface area contributed by atoms with Gasteiger partial charge in [-0.2, -0.15) is 0 Å². The summed E-state index contributed by atoms with van der Waals surface area (Å²) in [4.78, 5) is 0. The summed E-state index contributed by atoms with van der Waals surface area (Å²) in [5.74, 6) is 0.616. The predicted octanol–water partition coefficient (Wildman–Crippen LogP) is 3.95. The molecule has 1 aliphatic carbocycles. The predicted molar refractivity (Wildman–Crippen MR) is 75.7 cm³/mol. The lowest BCUT2D eigenvalue weighted by Gasteiger charge is -2.37. The van der Waals surface area contributed by atoms with Gasteiger partial charge in [-0.1, -0.05) is 40.0 Å². The minimum absolute atomic E-state index is 0.127. The summed E-state index contributed by atoms with van der Waals surface area (Å²) in [6.07, 6.45) is 6.65. The van der Waals surface area contributed by atoms with E-state index in [4.69, 9.17) is 4.43 Å². The zero-order chi connectivity index (χ0) is 12.7. The molecule has 0 radical (unpaired) electrons. The molecule has 1 N–H and O–H groups in total. The van der Waals surface area contributed by atoms with E-state index in [9.17, 15) is 5.11 Å². The molecule has 3 heteroatoms. The van der Waals surface area contributed by atoms with Crippen molar-refractivity contribution < 1.29 is 9.53 Å². The maximum absolute atomic E-state index is 9.63. The third-order valence-corrected chi connectivity index (χ3v) is 9.36. The van der Waals surface area contributed by atoms with Gasteiger partial charge in [0.2, 0.25) is 0 Å². The molecule has 2 nitrogen and oxygen atoms in total. The first kappa shape index (κ1) is 15.2. The van der Waals surface area contributed by atoms with Crippen molar-refractivity contribution in [2.75, 3.05) is 6.61 Å². The van der Waals surface area contributed by atoms with Gasteiger partial charge in [-0.3, -0.25) is 0 Å². The van der Waals surface area contributed by atoms with Crippen LogP contribution in [-0.2, 0) is 4.43 Å². The summed E-state index contributed by atoms with van der Waals surface area (Å²) >= 11 is 0. The van der Waals surface area contributed by atoms with Crippen molar-refractivity contribution in [1.82, 2.24) is 0 Å². The number of rotatable bonds is 7. The summed E-state index contributed by atoms with van der Waals surface area (Å²) < 4.78 is 6.46. The van der Waals surface area contributed by atoms with Crippen LogP contribution in [0.15, 0.2) is 0 Å². The van der Waals surface area contributed by atoms with Crippen molar-refractivity contribution >= 4 is 8.32 Å². The minimum atomic E-state index is -1.55. The number of aliphatic hydroxyl groups is 1. The first-order chi connectivity index (χ1) is 8.21. The molecule has 17 heavy (non-hydrogen) atoms. The van der Waals surface area contributed by atoms with Crippen LogP contribution in [0.2, 0.25) is 18.1 Å². The Morgan fingerprint density at radius 1 is 1.06 bits per heavy atom. The van der Waals surface area contributed by atoms with Gasteiger partial charge in [-0.15, -0.1) is 0 Å². The van der Waals surface area contributed by atoms with E-state index in [1.165, 1.54) is 50.2 Å². The van der Waals surface area contributed by atoms with Gasteiger partial charge < -0.3 is 9.53 Å². The molecular formula is C14H30O2Si. The van der Waals surface area contributed by atoms with Gasteiger partial charge in [-0.05, 0) is 36.9 Å². The maximum Gasteiger partial charge on any atom is 0.192 e. The maximum atomic E-state index is 9.63. The topological polar surface area (TPSA) is 29.5 Å². The third-order valence-electron chi connectivity index (χ3n) is 4.69. The Morgan fingerprint density at radius 2 is 1.59 bits per heavy atom. The van der Waals surface area contributed by atoms with Gasteiger partial charge in [0.15, 0.2) is 8.32 Å². The van der Waals surface area contributed by atoms with Crippen molar-refractivity contribution in [3.63, 3.8) is 0 Å². The standard InChI is InChI=1S/C14H30O2Si/c1-4-17(5-2,6-3)16-14(12-15)13-10-8-7-9-11-13/h13-15H,4-12H2,1-3H3/t14-/m1/s1. The lowest BCUT2D eigenvalue weighted by atomic mass is 9.85. The molecule has 0 bridgehead atoms. The SMILES string of the molecule is CC[Si](CC)(CC)O[C@H](CO)C1CCCCC1. The zero-order valence-electron chi connectivity index (χ0n) is 11.9. The second-order valence-corrected chi connectivity index (χ2v) is 10.2. The summed E-state index contributed by atoms with van der Waals surface area (Å²) in [6.45, 7) is 7.00. The van der Waals surface area contributed by atoms with Crippen LogP contribution >= 0.6 is 0 Å². The molecule has 0 saturated heterocycles. The highest BCUT2D eigenvalue weighted by atomic mass is 28.4. The summed E-state index contributed by atoms with van der Waals surface area (Å²) in [6, 6.07) is 3.55. The molecule has 0 aromatic rings. The van der Waals surface area contributed by atoms with Crippen LogP contribution in [0.25, 0.3) is 0 Å². The fraction of sp³-hybridized carbons (Fsp3) is 1.00. The quantitative estimate of drug-likeness (QED) is 0.701. The van der Waals surface area contributed by atoms with E-state index in [2.05, 4.69) is 20.8 Å². The monoisotopic (exact) mass is 258 g/mol. The van der Waals surface area contributed by atoms with E-state index in [-0.39, 0.29) is 12.7 Å². The molecule has 0 unspecified atom stereocenters. The molecule has 1 aliphatic rings. The van der Waals surface area contributed by atoms with Crippen molar-refractivity contribution in [1.29, 1.82) is 0 Å². The molecule has 0 aromatic heterocycles. The van der Waals surface area contributed by atoms with Crippen LogP contribution < -0.4 is 0 Å². The summed E-state index contributed by atoms with van der Waals surface area (Å²) in [7, 11) is -1.55. The van der Waals surface area contributed by atoms with Gasteiger partial charge in [0.1, 0.15) is 0 Å². The van der Waals surface area contributed by atoms with E-state index in [1.54, 1.807) is 0 Å². The van der Waals surface area contributed by atoms with E-state index in [0.29, 0.717) is 5.92 Å². The van der Waals surface area contributed by atoms with Gasteiger partial charge in [0, 0.05) is 0 Å². The largest absolute Gasteiger partial charge is 0.411 e. The van der Waals surface area contributed by atoms with E-state index in [0.717, 1.165) is 0 Å². The Kier molecular flexibility index (Phi) is 6.74. The first-order valence-electron chi connectivity index (χ1n) is 7.50. The van der Waals surface area contributed by atoms with Crippen LogP contribution in [-0.4, -0.2) is 26.1 Å². The molecule has 1 atom stereocenters. The Morgan fingerprint density at radius 3 is 2.00 bits per heavy atom. The lowest BCUT2D eigenvalue weighted by Crippen LogP contribution is -2.44. The number of hydrogen-bond donors (Lipinski definition) is 1. The van der Waals surface area contributed by atoms with Crippen LogP contribution in [0.4, 0.5) is 0 Å². The molecule has 0 amide bonds. The van der Waals surface area contributed by atoms with Crippen LogP contribution in [0.5, 0.6) is 0 Å². The highest BCUT2D eigenvalue weighted by molar-refractivity contribution is 6.73. The average Bonchev–Trinajstić information content (AvgIpc) is 2.42. The fourth-order valence-corrected chi connectivity index (χ4v) is 6.02. The minimum Gasteiger partial charge on any atom is -0.411 e. The third kappa shape index (κ3) is 4.07. The van der Waals surface area contributed by atoms with Gasteiger partial charge in [-0.25, -0.2) is 0 Å². The van der Waals surface area contributed by atoms with Gasteiger partial charge >= 0.3 is 0 Å². The van der Waals surface area contributed by atoms with Crippen molar-refractivity contribution in [2.45, 2.75) is 77.1 Å². The molecule has 0 heterocycles. The second kappa shape index (κ2) is 7.55. The van der Waals surface area contributed by atoms with E-state index >= 15 is 0 Å². The summed E-state index contributed by atoms with van der Waals surface area (Å²) in [5, 5.41) is 9.63. The molecule has 0 aromatic carbocycles.